The zero-order valence-corrected chi connectivity index (χ0v) is 17.4. The first-order valence-corrected chi connectivity index (χ1v) is 10.3. The molecule has 1 amide bonds. The quantitative estimate of drug-likeness (QED) is 0.716. The molecule has 0 aliphatic carbocycles. The number of fused-ring (bicyclic) bond motifs is 1. The molecule has 0 bridgehead atoms. The molecule has 0 unspecified atom stereocenters. The van der Waals surface area contributed by atoms with E-state index in [0.717, 1.165) is 48.3 Å². The van der Waals surface area contributed by atoms with Gasteiger partial charge in [0.1, 0.15) is 17.9 Å². The van der Waals surface area contributed by atoms with E-state index in [9.17, 15) is 4.79 Å². The number of amides is 1. The Morgan fingerprint density at radius 3 is 2.79 bits per heavy atom. The molecule has 1 aliphatic heterocycles. The molecule has 6 nitrogen and oxygen atoms in total. The zero-order chi connectivity index (χ0) is 20.4. The van der Waals surface area contributed by atoms with Crippen molar-refractivity contribution in [1.82, 2.24) is 15.3 Å². The Kier molecular flexibility index (Phi) is 5.51. The van der Waals surface area contributed by atoms with Crippen molar-refractivity contribution in [3.05, 3.63) is 53.0 Å². The molecule has 1 atom stereocenters. The highest BCUT2D eigenvalue weighted by atomic mass is 16.3. The molecule has 0 spiro atoms. The maximum atomic E-state index is 12.8. The van der Waals surface area contributed by atoms with Crippen LogP contribution in [0.15, 0.2) is 35.0 Å². The molecular formula is C23H28N4O2. The second-order valence-electron chi connectivity index (χ2n) is 7.97. The van der Waals surface area contributed by atoms with Crippen molar-refractivity contribution in [3.8, 4) is 0 Å². The molecule has 2 aromatic heterocycles. The molecular weight excluding hydrogens is 364 g/mol. The standard InChI is InChI=1S/C23H28N4O2/c1-15-6-8-18(9-7-15)10-11-24-22(28)19-5-4-12-27(13-19)21-20-16(2)17(3)29-23(20)26-14-25-21/h6-9,14,19H,4-5,10-13H2,1-3H3,(H,24,28)/t19-/m0/s1. The van der Waals surface area contributed by atoms with Gasteiger partial charge < -0.3 is 14.6 Å². The van der Waals surface area contributed by atoms with E-state index in [2.05, 4.69) is 51.4 Å². The van der Waals surface area contributed by atoms with Crippen molar-refractivity contribution in [2.75, 3.05) is 24.5 Å². The number of hydrogen-bond acceptors (Lipinski definition) is 5. The number of nitrogens with one attached hydrogen (secondary N) is 1. The predicted molar refractivity (Wildman–Crippen MR) is 114 cm³/mol. The molecule has 29 heavy (non-hydrogen) atoms. The van der Waals surface area contributed by atoms with Gasteiger partial charge in [-0.05, 0) is 45.6 Å². The molecule has 1 fully saturated rings. The number of aromatic nitrogens is 2. The van der Waals surface area contributed by atoms with Gasteiger partial charge in [-0.2, -0.15) is 0 Å². The van der Waals surface area contributed by atoms with Gasteiger partial charge in [0.25, 0.3) is 0 Å². The van der Waals surface area contributed by atoms with Crippen LogP contribution in [0.25, 0.3) is 11.1 Å². The number of benzene rings is 1. The first kappa shape index (κ1) is 19.4. The molecule has 3 heterocycles. The molecule has 1 aliphatic rings. The van der Waals surface area contributed by atoms with Gasteiger partial charge in [0.2, 0.25) is 11.6 Å². The number of piperidine rings is 1. The Hall–Kier alpha value is -2.89. The minimum Gasteiger partial charge on any atom is -0.443 e. The number of carbonyl (C=O) groups excluding carboxylic acids is 1. The SMILES string of the molecule is Cc1ccc(CCNC(=O)[C@H]2CCCN(c3ncnc4oc(C)c(C)c34)C2)cc1. The first-order valence-electron chi connectivity index (χ1n) is 10.3. The lowest BCUT2D eigenvalue weighted by atomic mass is 9.96. The van der Waals surface area contributed by atoms with Gasteiger partial charge in [-0.1, -0.05) is 29.8 Å². The van der Waals surface area contributed by atoms with E-state index in [0.29, 0.717) is 18.8 Å². The first-order chi connectivity index (χ1) is 14.0. The van der Waals surface area contributed by atoms with Crippen LogP contribution in [0, 0.1) is 26.7 Å². The largest absolute Gasteiger partial charge is 0.443 e. The van der Waals surface area contributed by atoms with E-state index in [1.165, 1.54) is 11.1 Å². The van der Waals surface area contributed by atoms with E-state index >= 15 is 0 Å². The molecule has 1 saturated heterocycles. The highest BCUT2D eigenvalue weighted by molar-refractivity contribution is 5.90. The number of rotatable bonds is 5. The smallest absolute Gasteiger partial charge is 0.231 e. The van der Waals surface area contributed by atoms with Gasteiger partial charge in [-0.25, -0.2) is 9.97 Å². The van der Waals surface area contributed by atoms with Crippen LogP contribution in [0.5, 0.6) is 0 Å². The fraction of sp³-hybridized carbons (Fsp3) is 0.435. The molecule has 3 aromatic rings. The summed E-state index contributed by atoms with van der Waals surface area (Å²) in [6.07, 6.45) is 4.27. The normalized spacial score (nSPS) is 16.9. The average Bonchev–Trinajstić information content (AvgIpc) is 3.03. The van der Waals surface area contributed by atoms with Crippen molar-refractivity contribution in [2.45, 2.75) is 40.0 Å². The highest BCUT2D eigenvalue weighted by Gasteiger charge is 2.28. The van der Waals surface area contributed by atoms with Crippen molar-refractivity contribution < 1.29 is 9.21 Å². The lowest BCUT2D eigenvalue weighted by molar-refractivity contribution is -0.125. The van der Waals surface area contributed by atoms with Crippen LogP contribution in [0.4, 0.5) is 5.82 Å². The number of aryl methyl sites for hydroxylation is 3. The number of nitrogens with zero attached hydrogens (tertiary/aromatic N) is 3. The van der Waals surface area contributed by atoms with E-state index in [1.807, 2.05) is 13.8 Å². The van der Waals surface area contributed by atoms with E-state index in [1.54, 1.807) is 6.33 Å². The third-order valence-corrected chi connectivity index (χ3v) is 5.87. The predicted octanol–water partition coefficient (Wildman–Crippen LogP) is 3.72. The van der Waals surface area contributed by atoms with Crippen LogP contribution in [0.2, 0.25) is 0 Å². The molecule has 152 valence electrons. The summed E-state index contributed by atoms with van der Waals surface area (Å²) in [6.45, 7) is 8.29. The Bertz CT molecular complexity index is 1010. The van der Waals surface area contributed by atoms with E-state index < -0.39 is 0 Å². The van der Waals surface area contributed by atoms with E-state index in [4.69, 9.17) is 4.42 Å². The molecule has 1 N–H and O–H groups in total. The van der Waals surface area contributed by atoms with Crippen molar-refractivity contribution in [1.29, 1.82) is 0 Å². The van der Waals surface area contributed by atoms with Crippen molar-refractivity contribution >= 4 is 22.8 Å². The third kappa shape index (κ3) is 4.11. The molecule has 0 saturated carbocycles. The van der Waals surface area contributed by atoms with Gasteiger partial charge in [0, 0.05) is 25.2 Å². The van der Waals surface area contributed by atoms with Crippen molar-refractivity contribution in [2.24, 2.45) is 5.92 Å². The lowest BCUT2D eigenvalue weighted by Gasteiger charge is -2.33. The maximum Gasteiger partial charge on any atom is 0.231 e. The summed E-state index contributed by atoms with van der Waals surface area (Å²) in [5, 5.41) is 4.09. The molecule has 6 heteroatoms. The summed E-state index contributed by atoms with van der Waals surface area (Å²) in [7, 11) is 0. The number of hydrogen-bond donors (Lipinski definition) is 1. The van der Waals surface area contributed by atoms with Crippen LogP contribution in [0.1, 0.15) is 35.3 Å². The Morgan fingerprint density at radius 1 is 1.21 bits per heavy atom. The van der Waals surface area contributed by atoms with Crippen LogP contribution >= 0.6 is 0 Å². The van der Waals surface area contributed by atoms with Gasteiger partial charge in [-0.15, -0.1) is 0 Å². The van der Waals surface area contributed by atoms with Gasteiger partial charge in [0.05, 0.1) is 11.3 Å². The van der Waals surface area contributed by atoms with Crippen LogP contribution in [-0.2, 0) is 11.2 Å². The Balaban J connectivity index is 1.40. The Morgan fingerprint density at radius 2 is 2.00 bits per heavy atom. The Labute approximate surface area is 171 Å². The summed E-state index contributed by atoms with van der Waals surface area (Å²) < 4.78 is 5.75. The minimum atomic E-state index is -0.0277. The second kappa shape index (κ2) is 8.23. The van der Waals surface area contributed by atoms with Crippen molar-refractivity contribution in [3.63, 3.8) is 0 Å². The summed E-state index contributed by atoms with van der Waals surface area (Å²) in [6, 6.07) is 8.47. The minimum absolute atomic E-state index is 0.0277. The fourth-order valence-corrected chi connectivity index (χ4v) is 4.02. The van der Waals surface area contributed by atoms with Gasteiger partial charge in [0.15, 0.2) is 0 Å². The summed E-state index contributed by atoms with van der Waals surface area (Å²) in [5.74, 6) is 1.85. The number of furan rings is 1. The molecule has 4 rings (SSSR count). The monoisotopic (exact) mass is 392 g/mol. The topological polar surface area (TPSA) is 71.3 Å². The van der Waals surface area contributed by atoms with Crippen LogP contribution < -0.4 is 10.2 Å². The fourth-order valence-electron chi connectivity index (χ4n) is 4.02. The summed E-state index contributed by atoms with van der Waals surface area (Å²) >= 11 is 0. The maximum absolute atomic E-state index is 12.8. The summed E-state index contributed by atoms with van der Waals surface area (Å²) in [5.41, 5.74) is 4.19. The summed E-state index contributed by atoms with van der Waals surface area (Å²) in [4.78, 5) is 23.8. The highest BCUT2D eigenvalue weighted by Crippen LogP contribution is 2.32. The van der Waals surface area contributed by atoms with E-state index in [-0.39, 0.29) is 11.8 Å². The molecule has 0 radical (unpaired) electrons. The second-order valence-corrected chi connectivity index (χ2v) is 7.97. The van der Waals surface area contributed by atoms with Crippen LogP contribution in [0.3, 0.4) is 0 Å². The number of anilines is 1. The number of carbonyl (C=O) groups is 1. The van der Waals surface area contributed by atoms with Gasteiger partial charge in [-0.3, -0.25) is 4.79 Å². The zero-order valence-electron chi connectivity index (χ0n) is 17.4. The van der Waals surface area contributed by atoms with Crippen LogP contribution in [-0.4, -0.2) is 35.5 Å². The third-order valence-electron chi connectivity index (χ3n) is 5.87. The average molecular weight is 393 g/mol. The molecule has 1 aromatic carbocycles. The van der Waals surface area contributed by atoms with Gasteiger partial charge >= 0.3 is 0 Å². The lowest BCUT2D eigenvalue weighted by Crippen LogP contribution is -2.43.